The van der Waals surface area contributed by atoms with E-state index in [0.29, 0.717) is 5.92 Å². The van der Waals surface area contributed by atoms with Crippen molar-refractivity contribution in [1.82, 2.24) is 4.57 Å². The summed E-state index contributed by atoms with van der Waals surface area (Å²) in [5.74, 6) is 0.417. The maximum atomic E-state index is 7.11. The van der Waals surface area contributed by atoms with E-state index in [-0.39, 0.29) is 5.41 Å². The van der Waals surface area contributed by atoms with Crippen molar-refractivity contribution in [3.63, 3.8) is 0 Å². The molecule has 0 amide bonds. The summed E-state index contributed by atoms with van der Waals surface area (Å²) in [6, 6.07) is 57.4. The number of aromatic nitrogens is 1. The van der Waals surface area contributed by atoms with Gasteiger partial charge in [-0.25, -0.2) is 0 Å². The van der Waals surface area contributed by atoms with E-state index in [1.165, 1.54) is 49.4 Å². The molecule has 4 heteroatoms. The Balaban J connectivity index is 1.19. The van der Waals surface area contributed by atoms with Crippen LogP contribution < -0.4 is 4.90 Å². The van der Waals surface area contributed by atoms with Gasteiger partial charge in [0.25, 0.3) is 0 Å². The molecule has 284 valence electrons. The van der Waals surface area contributed by atoms with E-state index in [0.717, 1.165) is 72.4 Å². The second-order valence-corrected chi connectivity index (χ2v) is 17.1. The first-order valence-electron chi connectivity index (χ1n) is 20.7. The third-order valence-electron chi connectivity index (χ3n) is 13.1. The van der Waals surface area contributed by atoms with Crippen molar-refractivity contribution in [2.45, 2.75) is 46.0 Å². The standard InChI is InChI=1S/C55H42N2O2/c1-32(2)34-22-24-36(25-23-34)56(37-26-29-45-41(30-37)38-17-9-11-19-44(38)57(45)35-15-7-6-8-16-35)46-31-43-52(54-50(46)39-18-10-12-20-47(39)58-54)51-42(55(43,4)5)28-27-40-49-33(3)14-13-21-48(49)59-53(40)51/h6-32H,1-5H3. The van der Waals surface area contributed by atoms with E-state index in [2.05, 4.69) is 202 Å². The third kappa shape index (κ3) is 4.71. The Morgan fingerprint density at radius 2 is 1.20 bits per heavy atom. The van der Waals surface area contributed by atoms with Crippen molar-refractivity contribution in [2.24, 2.45) is 0 Å². The molecule has 0 saturated heterocycles. The highest BCUT2D eigenvalue weighted by molar-refractivity contribution is 6.22. The van der Waals surface area contributed by atoms with Crippen molar-refractivity contribution in [2.75, 3.05) is 4.90 Å². The minimum Gasteiger partial charge on any atom is -0.455 e. The topological polar surface area (TPSA) is 34.5 Å². The predicted molar refractivity (Wildman–Crippen MR) is 246 cm³/mol. The Labute approximate surface area is 342 Å². The van der Waals surface area contributed by atoms with E-state index >= 15 is 0 Å². The Morgan fingerprint density at radius 1 is 0.525 bits per heavy atom. The second kappa shape index (κ2) is 12.2. The fourth-order valence-corrected chi connectivity index (χ4v) is 10.2. The predicted octanol–water partition coefficient (Wildman–Crippen LogP) is 15.8. The molecule has 0 saturated carbocycles. The fraction of sp³-hybridized carbons (Fsp3) is 0.127. The summed E-state index contributed by atoms with van der Waals surface area (Å²) in [7, 11) is 0. The van der Waals surface area contributed by atoms with Crippen molar-refractivity contribution in [3.8, 4) is 16.8 Å². The van der Waals surface area contributed by atoms with Crippen LogP contribution in [0.2, 0.25) is 0 Å². The number of fused-ring (bicyclic) bond motifs is 14. The Morgan fingerprint density at radius 3 is 2.02 bits per heavy atom. The van der Waals surface area contributed by atoms with Crippen LogP contribution in [0.25, 0.3) is 82.5 Å². The van der Waals surface area contributed by atoms with Crippen LogP contribution in [0.5, 0.6) is 0 Å². The summed E-state index contributed by atoms with van der Waals surface area (Å²) in [6.07, 6.45) is 0. The molecule has 4 nitrogen and oxygen atoms in total. The highest BCUT2D eigenvalue weighted by atomic mass is 16.3. The number of nitrogens with zero attached hydrogens (tertiary/aromatic N) is 2. The Kier molecular flexibility index (Phi) is 7.06. The molecular formula is C55H42N2O2. The lowest BCUT2D eigenvalue weighted by Gasteiger charge is -2.29. The SMILES string of the molecule is Cc1cccc2oc3c4c(ccc3c12)C(C)(C)c1cc(N(c2ccc(C(C)C)cc2)c2ccc3c(c2)c2ccccc2n3-c2ccccc2)c2c(oc3ccccc32)c1-4. The summed E-state index contributed by atoms with van der Waals surface area (Å²) in [6.45, 7) is 11.4. The lowest BCUT2D eigenvalue weighted by atomic mass is 9.81. The van der Waals surface area contributed by atoms with Crippen LogP contribution in [0.1, 0.15) is 55.9 Å². The number of anilines is 3. The lowest BCUT2D eigenvalue weighted by molar-refractivity contribution is 0.650. The normalized spacial score (nSPS) is 13.5. The summed E-state index contributed by atoms with van der Waals surface area (Å²) in [4.78, 5) is 2.46. The number of rotatable bonds is 5. The van der Waals surface area contributed by atoms with E-state index < -0.39 is 0 Å². The molecule has 59 heavy (non-hydrogen) atoms. The van der Waals surface area contributed by atoms with E-state index in [1.807, 2.05) is 0 Å². The maximum Gasteiger partial charge on any atom is 0.145 e. The summed E-state index contributed by atoms with van der Waals surface area (Å²) < 4.78 is 16.3. The van der Waals surface area contributed by atoms with E-state index in [9.17, 15) is 0 Å². The smallest absolute Gasteiger partial charge is 0.145 e. The van der Waals surface area contributed by atoms with Crippen LogP contribution in [0, 0.1) is 6.92 Å². The highest BCUT2D eigenvalue weighted by Gasteiger charge is 2.42. The number of aryl methyl sites for hydroxylation is 1. The van der Waals surface area contributed by atoms with Gasteiger partial charge >= 0.3 is 0 Å². The average molecular weight is 763 g/mol. The van der Waals surface area contributed by atoms with Gasteiger partial charge in [0.05, 0.1) is 22.1 Å². The van der Waals surface area contributed by atoms with Gasteiger partial charge in [-0.3, -0.25) is 0 Å². The molecule has 0 spiro atoms. The van der Waals surface area contributed by atoms with Crippen LogP contribution in [0.15, 0.2) is 167 Å². The number of benzene rings is 8. The fourth-order valence-electron chi connectivity index (χ4n) is 10.2. The molecule has 1 aliphatic rings. The molecule has 0 fully saturated rings. The van der Waals surface area contributed by atoms with Crippen molar-refractivity contribution < 1.29 is 8.83 Å². The zero-order valence-electron chi connectivity index (χ0n) is 33.8. The highest BCUT2D eigenvalue weighted by Crippen LogP contribution is 2.58. The van der Waals surface area contributed by atoms with Gasteiger partial charge in [-0.2, -0.15) is 0 Å². The van der Waals surface area contributed by atoms with Crippen molar-refractivity contribution in [3.05, 3.63) is 180 Å². The minimum atomic E-state index is -0.338. The zero-order valence-corrected chi connectivity index (χ0v) is 33.8. The number of furan rings is 2. The van der Waals surface area contributed by atoms with E-state index in [4.69, 9.17) is 8.83 Å². The quantitative estimate of drug-likeness (QED) is 0.175. The first kappa shape index (κ1) is 34.0. The Bertz CT molecular complexity index is 3510. The first-order chi connectivity index (χ1) is 28.8. The van der Waals surface area contributed by atoms with Crippen molar-refractivity contribution >= 4 is 82.7 Å². The van der Waals surface area contributed by atoms with Gasteiger partial charge in [-0.15, -0.1) is 0 Å². The molecule has 0 aliphatic heterocycles. The van der Waals surface area contributed by atoms with Crippen LogP contribution in [0.3, 0.4) is 0 Å². The molecule has 0 radical (unpaired) electrons. The Hall–Kier alpha value is -7.04. The zero-order chi connectivity index (χ0) is 39.7. The largest absolute Gasteiger partial charge is 0.455 e. The first-order valence-corrected chi connectivity index (χ1v) is 20.7. The average Bonchev–Trinajstić information content (AvgIpc) is 3.99. The molecule has 8 aromatic carbocycles. The van der Waals surface area contributed by atoms with E-state index in [1.54, 1.807) is 0 Å². The van der Waals surface area contributed by atoms with Gasteiger partial charge in [-0.05, 0) is 102 Å². The van der Waals surface area contributed by atoms with Crippen LogP contribution in [-0.4, -0.2) is 4.57 Å². The molecule has 0 atom stereocenters. The molecule has 12 rings (SSSR count). The number of hydrogen-bond donors (Lipinski definition) is 0. The summed E-state index contributed by atoms with van der Waals surface area (Å²) >= 11 is 0. The van der Waals surface area contributed by atoms with Gasteiger partial charge in [0.1, 0.15) is 22.3 Å². The maximum absolute atomic E-state index is 7.11. The summed E-state index contributed by atoms with van der Waals surface area (Å²) in [5.41, 5.74) is 17.3. The van der Waals surface area contributed by atoms with Crippen LogP contribution >= 0.6 is 0 Å². The van der Waals surface area contributed by atoms with Gasteiger partial charge in [0.15, 0.2) is 0 Å². The molecule has 0 N–H and O–H groups in total. The molecule has 3 heterocycles. The van der Waals surface area contributed by atoms with Crippen molar-refractivity contribution in [1.29, 1.82) is 0 Å². The van der Waals surface area contributed by atoms with Gasteiger partial charge in [-0.1, -0.05) is 119 Å². The third-order valence-corrected chi connectivity index (χ3v) is 13.1. The molecule has 1 aliphatic carbocycles. The molecular weight excluding hydrogens is 721 g/mol. The lowest BCUT2D eigenvalue weighted by Crippen LogP contribution is -2.17. The summed E-state index contributed by atoms with van der Waals surface area (Å²) in [5, 5.41) is 6.92. The second-order valence-electron chi connectivity index (χ2n) is 17.1. The van der Waals surface area contributed by atoms with Gasteiger partial charge < -0.3 is 18.3 Å². The molecule has 3 aromatic heterocycles. The van der Waals surface area contributed by atoms with Gasteiger partial charge in [0.2, 0.25) is 0 Å². The molecule has 0 bridgehead atoms. The van der Waals surface area contributed by atoms with Gasteiger partial charge in [0, 0.05) is 60.5 Å². The molecule has 0 unspecified atom stereocenters. The molecule has 11 aromatic rings. The monoisotopic (exact) mass is 762 g/mol. The van der Waals surface area contributed by atoms with Crippen LogP contribution in [-0.2, 0) is 5.41 Å². The minimum absolute atomic E-state index is 0.338. The van der Waals surface area contributed by atoms with Crippen LogP contribution in [0.4, 0.5) is 17.1 Å². The number of para-hydroxylation sites is 3. The number of hydrogen-bond acceptors (Lipinski definition) is 3.